The molecule has 4 heteroatoms. The summed E-state index contributed by atoms with van der Waals surface area (Å²) in [5, 5.41) is 3.53. The Morgan fingerprint density at radius 2 is 1.73 bits per heavy atom. The van der Waals surface area contributed by atoms with Crippen LogP contribution in [0.5, 0.6) is 0 Å². The lowest BCUT2D eigenvalue weighted by Crippen LogP contribution is -2.41. The summed E-state index contributed by atoms with van der Waals surface area (Å²) in [6.45, 7) is 6.35. The second-order valence-corrected chi connectivity index (χ2v) is 7.03. The SMILES string of the molecule is COC(=O)C[C@H](NC(C)N(C)C)c1cccc(-c2c(C)cccc2C)c1. The van der Waals surface area contributed by atoms with Gasteiger partial charge in [-0.3, -0.25) is 15.0 Å². The molecule has 0 spiro atoms. The zero-order chi connectivity index (χ0) is 19.3. The first-order chi connectivity index (χ1) is 12.3. The van der Waals surface area contributed by atoms with Crippen LogP contribution in [0.3, 0.4) is 0 Å². The lowest BCUT2D eigenvalue weighted by Gasteiger charge is -2.28. The van der Waals surface area contributed by atoms with Crippen LogP contribution in [0.25, 0.3) is 11.1 Å². The fourth-order valence-corrected chi connectivity index (χ4v) is 3.14. The summed E-state index contributed by atoms with van der Waals surface area (Å²) in [6.07, 6.45) is 0.429. The van der Waals surface area contributed by atoms with Gasteiger partial charge in [0.25, 0.3) is 0 Å². The average molecular weight is 354 g/mol. The number of ether oxygens (including phenoxy) is 1. The van der Waals surface area contributed by atoms with Crippen LogP contribution in [0.1, 0.15) is 36.1 Å². The number of carbonyl (C=O) groups excluding carboxylic acids is 1. The van der Waals surface area contributed by atoms with Crippen LogP contribution in [0, 0.1) is 13.8 Å². The van der Waals surface area contributed by atoms with E-state index in [0.29, 0.717) is 6.42 Å². The molecule has 140 valence electrons. The number of carbonyl (C=O) groups is 1. The maximum atomic E-state index is 11.9. The standard InChI is InChI=1S/C22H30N2O2/c1-15-9-7-10-16(2)22(15)19-12-8-11-18(13-19)20(14-21(25)26-6)23-17(3)24(4)5/h7-13,17,20,23H,14H2,1-6H3/t17?,20-/m0/s1. The van der Waals surface area contributed by atoms with Gasteiger partial charge in [0.05, 0.1) is 19.7 Å². The van der Waals surface area contributed by atoms with Gasteiger partial charge in [-0.25, -0.2) is 0 Å². The molecule has 1 unspecified atom stereocenters. The quantitative estimate of drug-likeness (QED) is 0.601. The van der Waals surface area contributed by atoms with Crippen molar-refractivity contribution in [2.24, 2.45) is 0 Å². The van der Waals surface area contributed by atoms with Gasteiger partial charge in [-0.15, -0.1) is 0 Å². The molecule has 0 saturated heterocycles. The molecule has 2 rings (SSSR count). The van der Waals surface area contributed by atoms with E-state index >= 15 is 0 Å². The topological polar surface area (TPSA) is 41.6 Å². The molecule has 0 fully saturated rings. The van der Waals surface area contributed by atoms with E-state index in [1.54, 1.807) is 0 Å². The van der Waals surface area contributed by atoms with E-state index in [-0.39, 0.29) is 18.2 Å². The Labute approximate surface area is 157 Å². The number of hydrogen-bond acceptors (Lipinski definition) is 4. The van der Waals surface area contributed by atoms with E-state index in [1.165, 1.54) is 29.4 Å². The number of nitrogens with zero attached hydrogens (tertiary/aromatic N) is 1. The Morgan fingerprint density at radius 1 is 1.12 bits per heavy atom. The third kappa shape index (κ3) is 4.93. The number of aryl methyl sites for hydroxylation is 2. The van der Waals surface area contributed by atoms with Gasteiger partial charge in [-0.2, -0.15) is 0 Å². The fourth-order valence-electron chi connectivity index (χ4n) is 3.14. The van der Waals surface area contributed by atoms with E-state index in [2.05, 4.69) is 73.5 Å². The van der Waals surface area contributed by atoms with E-state index in [0.717, 1.165) is 5.56 Å². The van der Waals surface area contributed by atoms with Crippen LogP contribution in [-0.4, -0.2) is 38.2 Å². The van der Waals surface area contributed by atoms with Crippen molar-refractivity contribution in [1.82, 2.24) is 10.2 Å². The highest BCUT2D eigenvalue weighted by molar-refractivity contribution is 5.73. The van der Waals surface area contributed by atoms with E-state index in [9.17, 15) is 4.79 Å². The summed E-state index contributed by atoms with van der Waals surface area (Å²) >= 11 is 0. The molecule has 0 bridgehead atoms. The van der Waals surface area contributed by atoms with Crippen molar-refractivity contribution in [1.29, 1.82) is 0 Å². The van der Waals surface area contributed by atoms with Crippen LogP contribution < -0.4 is 5.32 Å². The molecule has 0 aliphatic carbocycles. The maximum absolute atomic E-state index is 11.9. The molecule has 0 heterocycles. The predicted octanol–water partition coefficient (Wildman–Crippen LogP) is 4.07. The summed E-state index contributed by atoms with van der Waals surface area (Å²) in [4.78, 5) is 14.0. The van der Waals surface area contributed by atoms with Gasteiger partial charge < -0.3 is 4.74 Å². The third-order valence-electron chi connectivity index (χ3n) is 4.87. The van der Waals surface area contributed by atoms with Crippen molar-refractivity contribution in [2.45, 2.75) is 39.4 Å². The van der Waals surface area contributed by atoms with Gasteiger partial charge in [0.15, 0.2) is 0 Å². The molecular weight excluding hydrogens is 324 g/mol. The Hall–Kier alpha value is -2.17. The predicted molar refractivity (Wildman–Crippen MR) is 107 cm³/mol. The van der Waals surface area contributed by atoms with Crippen LogP contribution in [0.2, 0.25) is 0 Å². The number of benzene rings is 2. The first-order valence-electron chi connectivity index (χ1n) is 8.99. The molecule has 0 aromatic heterocycles. The highest BCUT2D eigenvalue weighted by Crippen LogP contribution is 2.30. The number of hydrogen-bond donors (Lipinski definition) is 1. The zero-order valence-corrected chi connectivity index (χ0v) is 16.7. The minimum Gasteiger partial charge on any atom is -0.469 e. The summed E-state index contributed by atoms with van der Waals surface area (Å²) < 4.78 is 4.90. The minimum absolute atomic E-state index is 0.107. The van der Waals surface area contributed by atoms with Gasteiger partial charge in [-0.05, 0) is 68.8 Å². The maximum Gasteiger partial charge on any atom is 0.307 e. The van der Waals surface area contributed by atoms with Gasteiger partial charge >= 0.3 is 5.97 Å². The van der Waals surface area contributed by atoms with Gasteiger partial charge in [0.2, 0.25) is 0 Å². The van der Waals surface area contributed by atoms with E-state index in [1.807, 2.05) is 14.1 Å². The number of nitrogens with one attached hydrogen (secondary N) is 1. The third-order valence-corrected chi connectivity index (χ3v) is 4.87. The molecule has 0 amide bonds. The molecule has 1 N–H and O–H groups in total. The Kier molecular flexibility index (Phi) is 6.95. The lowest BCUT2D eigenvalue weighted by atomic mass is 9.92. The van der Waals surface area contributed by atoms with Crippen LogP contribution in [0.4, 0.5) is 0 Å². The lowest BCUT2D eigenvalue weighted by molar-refractivity contribution is -0.141. The average Bonchev–Trinajstić information content (AvgIpc) is 2.61. The smallest absolute Gasteiger partial charge is 0.307 e. The van der Waals surface area contributed by atoms with Crippen LogP contribution in [0.15, 0.2) is 42.5 Å². The van der Waals surface area contributed by atoms with Crippen molar-refractivity contribution >= 4 is 5.97 Å². The Morgan fingerprint density at radius 3 is 2.31 bits per heavy atom. The number of methoxy groups -OCH3 is 1. The Balaban J connectivity index is 2.41. The summed E-state index contributed by atoms with van der Waals surface area (Å²) in [7, 11) is 5.46. The van der Waals surface area contributed by atoms with E-state index < -0.39 is 0 Å². The van der Waals surface area contributed by atoms with Crippen molar-refractivity contribution < 1.29 is 9.53 Å². The molecule has 4 nitrogen and oxygen atoms in total. The largest absolute Gasteiger partial charge is 0.469 e. The molecule has 0 aliphatic rings. The molecule has 0 saturated carbocycles. The second kappa shape index (κ2) is 8.97. The molecule has 2 aromatic carbocycles. The van der Waals surface area contributed by atoms with Crippen molar-refractivity contribution in [3.8, 4) is 11.1 Å². The molecule has 26 heavy (non-hydrogen) atoms. The second-order valence-electron chi connectivity index (χ2n) is 7.03. The van der Waals surface area contributed by atoms with Crippen LogP contribution >= 0.6 is 0 Å². The summed E-state index contributed by atoms with van der Waals surface area (Å²) in [6, 6.07) is 14.7. The molecule has 2 aromatic rings. The molecule has 0 radical (unpaired) electrons. The number of rotatable bonds is 7. The molecular formula is C22H30N2O2. The highest BCUT2D eigenvalue weighted by atomic mass is 16.5. The fraction of sp³-hybridized carbons (Fsp3) is 0.409. The first-order valence-corrected chi connectivity index (χ1v) is 8.99. The zero-order valence-electron chi connectivity index (χ0n) is 16.7. The van der Waals surface area contributed by atoms with Crippen molar-refractivity contribution in [2.75, 3.05) is 21.2 Å². The highest BCUT2D eigenvalue weighted by Gasteiger charge is 2.20. The first kappa shape index (κ1) is 20.1. The Bertz CT molecular complexity index is 735. The van der Waals surface area contributed by atoms with Gasteiger partial charge in [0, 0.05) is 6.04 Å². The van der Waals surface area contributed by atoms with Crippen LogP contribution in [-0.2, 0) is 9.53 Å². The van der Waals surface area contributed by atoms with E-state index in [4.69, 9.17) is 4.74 Å². The van der Waals surface area contributed by atoms with Gasteiger partial charge in [0.1, 0.15) is 0 Å². The number of esters is 1. The molecule has 0 aliphatic heterocycles. The van der Waals surface area contributed by atoms with Crippen molar-refractivity contribution in [3.05, 3.63) is 59.2 Å². The summed E-state index contributed by atoms with van der Waals surface area (Å²) in [5.74, 6) is -0.217. The molecule has 2 atom stereocenters. The minimum atomic E-state index is -0.217. The van der Waals surface area contributed by atoms with Crippen molar-refractivity contribution in [3.63, 3.8) is 0 Å². The monoisotopic (exact) mass is 354 g/mol. The summed E-state index contributed by atoms with van der Waals surface area (Å²) in [5.41, 5.74) is 6.02. The normalized spacial score (nSPS) is 13.5. The van der Waals surface area contributed by atoms with Gasteiger partial charge in [-0.1, -0.05) is 36.4 Å².